The zero-order valence-electron chi connectivity index (χ0n) is 12.7. The molecule has 4 heteroatoms. The van der Waals surface area contributed by atoms with Gasteiger partial charge in [-0.15, -0.1) is 11.8 Å². The summed E-state index contributed by atoms with van der Waals surface area (Å²) in [5.41, 5.74) is 2.56. The Labute approximate surface area is 125 Å². The number of thioether (sulfide) groups is 1. The van der Waals surface area contributed by atoms with Crippen molar-refractivity contribution in [1.82, 2.24) is 4.90 Å². The molecule has 1 heterocycles. The molecule has 0 aliphatic carbocycles. The van der Waals surface area contributed by atoms with Crippen molar-refractivity contribution in [1.29, 1.82) is 0 Å². The Morgan fingerprint density at radius 3 is 2.50 bits per heavy atom. The molecule has 0 bridgehead atoms. The Kier molecular flexibility index (Phi) is 5.11. The van der Waals surface area contributed by atoms with E-state index in [4.69, 9.17) is 4.74 Å². The Morgan fingerprint density at radius 1 is 1.25 bits per heavy atom. The summed E-state index contributed by atoms with van der Waals surface area (Å²) >= 11 is 1.62. The van der Waals surface area contributed by atoms with Gasteiger partial charge in [-0.1, -0.05) is 6.07 Å². The molecule has 0 radical (unpaired) electrons. The van der Waals surface area contributed by atoms with E-state index >= 15 is 0 Å². The highest BCUT2D eigenvalue weighted by atomic mass is 32.2. The summed E-state index contributed by atoms with van der Waals surface area (Å²) in [7, 11) is 0. The number of nitrogens with zero attached hydrogens (tertiary/aromatic N) is 1. The molecule has 1 aliphatic rings. The predicted molar refractivity (Wildman–Crippen MR) is 83.2 cm³/mol. The minimum absolute atomic E-state index is 0.134. The third-order valence-electron chi connectivity index (χ3n) is 3.61. The molecule has 1 aliphatic heterocycles. The average Bonchev–Trinajstić information content (AvgIpc) is 2.38. The van der Waals surface area contributed by atoms with E-state index < -0.39 is 0 Å². The third kappa shape index (κ3) is 4.00. The van der Waals surface area contributed by atoms with Crippen molar-refractivity contribution in [3.8, 4) is 0 Å². The molecule has 1 aromatic carbocycles. The quantitative estimate of drug-likeness (QED) is 0.802. The number of aryl methyl sites for hydroxylation is 2. The van der Waals surface area contributed by atoms with Gasteiger partial charge in [-0.2, -0.15) is 0 Å². The fourth-order valence-electron chi connectivity index (χ4n) is 2.42. The zero-order chi connectivity index (χ0) is 14.7. The Morgan fingerprint density at radius 2 is 1.90 bits per heavy atom. The lowest BCUT2D eigenvalue weighted by Gasteiger charge is -2.35. The van der Waals surface area contributed by atoms with E-state index in [0.717, 1.165) is 4.90 Å². The lowest BCUT2D eigenvalue weighted by Crippen LogP contribution is -2.48. The molecular weight excluding hydrogens is 270 g/mol. The second-order valence-electron chi connectivity index (χ2n) is 5.59. The normalized spacial score (nSPS) is 22.9. The molecule has 110 valence electrons. The van der Waals surface area contributed by atoms with Crippen molar-refractivity contribution in [2.45, 2.75) is 44.8 Å². The first-order chi connectivity index (χ1) is 9.45. The molecule has 0 spiro atoms. The highest BCUT2D eigenvalue weighted by Crippen LogP contribution is 2.22. The van der Waals surface area contributed by atoms with Crippen LogP contribution < -0.4 is 0 Å². The molecule has 0 aromatic heterocycles. The van der Waals surface area contributed by atoms with Crippen LogP contribution in [0.1, 0.15) is 25.0 Å². The number of amides is 1. The van der Waals surface area contributed by atoms with Crippen LogP contribution in [0.2, 0.25) is 0 Å². The molecule has 20 heavy (non-hydrogen) atoms. The summed E-state index contributed by atoms with van der Waals surface area (Å²) in [5, 5.41) is 0. The first kappa shape index (κ1) is 15.4. The highest BCUT2D eigenvalue weighted by molar-refractivity contribution is 8.00. The Balaban J connectivity index is 1.89. The lowest BCUT2D eigenvalue weighted by atomic mass is 10.1. The number of rotatable bonds is 3. The van der Waals surface area contributed by atoms with E-state index in [1.807, 2.05) is 18.7 Å². The molecule has 1 saturated heterocycles. The van der Waals surface area contributed by atoms with Crippen molar-refractivity contribution in [3.63, 3.8) is 0 Å². The van der Waals surface area contributed by atoms with Gasteiger partial charge in [0.05, 0.1) is 18.0 Å². The van der Waals surface area contributed by atoms with Gasteiger partial charge in [-0.05, 0) is 51.0 Å². The number of carbonyl (C=O) groups excluding carboxylic acids is 1. The highest BCUT2D eigenvalue weighted by Gasteiger charge is 2.25. The molecule has 1 aromatic rings. The summed E-state index contributed by atoms with van der Waals surface area (Å²) in [4.78, 5) is 15.4. The van der Waals surface area contributed by atoms with Crippen molar-refractivity contribution in [2.24, 2.45) is 0 Å². The number of morpholine rings is 1. The van der Waals surface area contributed by atoms with Crippen LogP contribution in [-0.2, 0) is 9.53 Å². The maximum Gasteiger partial charge on any atom is 0.233 e. The molecule has 2 atom stereocenters. The van der Waals surface area contributed by atoms with Crippen LogP contribution in [0.25, 0.3) is 0 Å². The maximum atomic E-state index is 12.3. The Bertz CT molecular complexity index is 479. The number of hydrogen-bond acceptors (Lipinski definition) is 3. The largest absolute Gasteiger partial charge is 0.372 e. The Hall–Kier alpha value is -1.00. The fraction of sp³-hybridized carbons (Fsp3) is 0.562. The second-order valence-corrected chi connectivity index (χ2v) is 6.64. The molecule has 1 fully saturated rings. The number of hydrogen-bond donors (Lipinski definition) is 0. The first-order valence-corrected chi connectivity index (χ1v) is 8.07. The van der Waals surface area contributed by atoms with Gasteiger partial charge in [0.2, 0.25) is 5.91 Å². The molecule has 0 saturated carbocycles. The summed E-state index contributed by atoms with van der Waals surface area (Å²) in [5.74, 6) is 0.706. The topological polar surface area (TPSA) is 29.5 Å². The van der Waals surface area contributed by atoms with E-state index in [1.165, 1.54) is 11.1 Å². The van der Waals surface area contributed by atoms with Crippen molar-refractivity contribution >= 4 is 17.7 Å². The predicted octanol–water partition coefficient (Wildman–Crippen LogP) is 3.03. The molecular formula is C16H23NO2S. The third-order valence-corrected chi connectivity index (χ3v) is 4.59. The fourth-order valence-corrected chi connectivity index (χ4v) is 3.32. The molecule has 0 N–H and O–H groups in total. The molecule has 1 amide bonds. The van der Waals surface area contributed by atoms with Crippen LogP contribution in [0, 0.1) is 13.8 Å². The number of benzene rings is 1. The van der Waals surface area contributed by atoms with Gasteiger partial charge in [-0.3, -0.25) is 4.79 Å². The van der Waals surface area contributed by atoms with E-state index in [1.54, 1.807) is 11.8 Å². The summed E-state index contributed by atoms with van der Waals surface area (Å²) < 4.78 is 5.66. The van der Waals surface area contributed by atoms with E-state index in [0.29, 0.717) is 18.8 Å². The average molecular weight is 293 g/mol. The van der Waals surface area contributed by atoms with Crippen LogP contribution in [0.5, 0.6) is 0 Å². The lowest BCUT2D eigenvalue weighted by molar-refractivity contribution is -0.140. The van der Waals surface area contributed by atoms with E-state index in [2.05, 4.69) is 32.0 Å². The summed E-state index contributed by atoms with van der Waals surface area (Å²) in [6, 6.07) is 6.35. The molecule has 3 nitrogen and oxygen atoms in total. The van der Waals surface area contributed by atoms with Gasteiger partial charge in [-0.25, -0.2) is 0 Å². The standard InChI is InChI=1S/C16H23NO2S/c1-11-5-6-15(7-12(11)2)20-10-16(18)17-8-13(3)19-14(4)9-17/h5-7,13-14H,8-10H2,1-4H3. The smallest absolute Gasteiger partial charge is 0.233 e. The van der Waals surface area contributed by atoms with E-state index in [-0.39, 0.29) is 18.1 Å². The van der Waals surface area contributed by atoms with Crippen LogP contribution in [0.3, 0.4) is 0 Å². The SMILES string of the molecule is Cc1ccc(SCC(=O)N2CC(C)OC(C)C2)cc1C. The van der Waals surface area contributed by atoms with Gasteiger partial charge >= 0.3 is 0 Å². The molecule has 2 unspecified atom stereocenters. The van der Waals surface area contributed by atoms with Crippen molar-refractivity contribution in [2.75, 3.05) is 18.8 Å². The second kappa shape index (κ2) is 6.64. The van der Waals surface area contributed by atoms with Gasteiger partial charge in [0.15, 0.2) is 0 Å². The number of carbonyl (C=O) groups is 1. The van der Waals surface area contributed by atoms with Gasteiger partial charge in [0, 0.05) is 18.0 Å². The monoisotopic (exact) mass is 293 g/mol. The van der Waals surface area contributed by atoms with Crippen LogP contribution in [-0.4, -0.2) is 41.9 Å². The van der Waals surface area contributed by atoms with Crippen LogP contribution in [0.15, 0.2) is 23.1 Å². The number of ether oxygens (including phenoxy) is 1. The van der Waals surface area contributed by atoms with Crippen molar-refractivity contribution < 1.29 is 9.53 Å². The minimum Gasteiger partial charge on any atom is -0.372 e. The maximum absolute atomic E-state index is 12.3. The molecule has 2 rings (SSSR count). The van der Waals surface area contributed by atoms with Crippen LogP contribution >= 0.6 is 11.8 Å². The first-order valence-electron chi connectivity index (χ1n) is 7.09. The summed E-state index contributed by atoms with van der Waals surface area (Å²) in [6.45, 7) is 9.66. The van der Waals surface area contributed by atoms with Gasteiger partial charge in [0.25, 0.3) is 0 Å². The van der Waals surface area contributed by atoms with Crippen molar-refractivity contribution in [3.05, 3.63) is 29.3 Å². The van der Waals surface area contributed by atoms with E-state index in [9.17, 15) is 4.79 Å². The van der Waals surface area contributed by atoms with Gasteiger partial charge in [0.1, 0.15) is 0 Å². The summed E-state index contributed by atoms with van der Waals surface area (Å²) in [6.07, 6.45) is 0.267. The van der Waals surface area contributed by atoms with Gasteiger partial charge < -0.3 is 9.64 Å². The minimum atomic E-state index is 0.134. The zero-order valence-corrected chi connectivity index (χ0v) is 13.5. The van der Waals surface area contributed by atoms with Crippen LogP contribution in [0.4, 0.5) is 0 Å².